The van der Waals surface area contributed by atoms with Gasteiger partial charge < -0.3 is 0 Å². The van der Waals surface area contributed by atoms with Crippen LogP contribution < -0.4 is 0 Å². The van der Waals surface area contributed by atoms with E-state index in [9.17, 15) is 0 Å². The Balaban J connectivity index is 3.01. The van der Waals surface area contributed by atoms with Crippen molar-refractivity contribution in [1.29, 1.82) is 0 Å². The maximum absolute atomic E-state index is 2.28. The summed E-state index contributed by atoms with van der Waals surface area (Å²) in [6.07, 6.45) is 5.44. The highest BCUT2D eigenvalue weighted by Crippen LogP contribution is 2.23. The third-order valence-corrected chi connectivity index (χ3v) is 2.72. The first-order valence-corrected chi connectivity index (χ1v) is 4.81. The average molecular weight is 166 g/mol. The highest BCUT2D eigenvalue weighted by atomic mass is 32.1. The normalized spacial score (nSPS) is 11.2. The minimum atomic E-state index is 1.14. The zero-order valence-corrected chi connectivity index (χ0v) is 8.16. The summed E-state index contributed by atoms with van der Waals surface area (Å²) in [4.78, 5) is 2.84. The molecule has 11 heavy (non-hydrogen) atoms. The average Bonchev–Trinajstić information content (AvgIpc) is 2.32. The topological polar surface area (TPSA) is 0 Å². The molecule has 0 fully saturated rings. The van der Waals surface area contributed by atoms with E-state index in [2.05, 4.69) is 39.0 Å². The van der Waals surface area contributed by atoms with Crippen molar-refractivity contribution in [2.45, 2.75) is 27.2 Å². The highest BCUT2D eigenvalue weighted by Gasteiger charge is 2.00. The van der Waals surface area contributed by atoms with Gasteiger partial charge in [-0.05, 0) is 38.0 Å². The Morgan fingerprint density at radius 2 is 2.27 bits per heavy atom. The first kappa shape index (κ1) is 8.54. The van der Waals surface area contributed by atoms with E-state index in [1.807, 2.05) is 11.3 Å². The van der Waals surface area contributed by atoms with Crippen LogP contribution in [0.2, 0.25) is 0 Å². The molecule has 0 unspecified atom stereocenters. The molecule has 1 aromatic heterocycles. The standard InChI is InChI=1S/C10H14S/c1-4-6-10-9(5-2)7-8(3)11-10/h4,6-7H,5H2,1-3H3. The molecule has 0 aliphatic carbocycles. The van der Waals surface area contributed by atoms with Crippen LogP contribution in [0, 0.1) is 6.92 Å². The zero-order chi connectivity index (χ0) is 8.27. The fourth-order valence-electron chi connectivity index (χ4n) is 1.15. The van der Waals surface area contributed by atoms with E-state index in [1.54, 1.807) is 0 Å². The van der Waals surface area contributed by atoms with Crippen LogP contribution in [0.4, 0.5) is 0 Å². The summed E-state index contributed by atoms with van der Waals surface area (Å²) in [5.41, 5.74) is 1.48. The maximum Gasteiger partial charge on any atom is 0.0301 e. The number of rotatable bonds is 2. The van der Waals surface area contributed by atoms with Crippen LogP contribution in [-0.2, 0) is 6.42 Å². The van der Waals surface area contributed by atoms with Crippen molar-refractivity contribution < 1.29 is 0 Å². The molecular weight excluding hydrogens is 152 g/mol. The van der Waals surface area contributed by atoms with Crippen LogP contribution in [0.1, 0.15) is 29.2 Å². The fraction of sp³-hybridized carbons (Fsp3) is 0.400. The van der Waals surface area contributed by atoms with Crippen LogP contribution in [-0.4, -0.2) is 0 Å². The largest absolute Gasteiger partial charge is 0.141 e. The predicted molar refractivity (Wildman–Crippen MR) is 53.1 cm³/mol. The molecule has 0 bridgehead atoms. The second-order valence-electron chi connectivity index (χ2n) is 2.60. The van der Waals surface area contributed by atoms with Gasteiger partial charge in [-0.2, -0.15) is 0 Å². The van der Waals surface area contributed by atoms with Crippen LogP contribution in [0.5, 0.6) is 0 Å². The lowest BCUT2D eigenvalue weighted by molar-refractivity contribution is 1.15. The van der Waals surface area contributed by atoms with E-state index in [1.165, 1.54) is 15.3 Å². The molecule has 60 valence electrons. The first-order valence-electron chi connectivity index (χ1n) is 4.00. The van der Waals surface area contributed by atoms with Crippen LogP contribution >= 0.6 is 11.3 Å². The summed E-state index contributed by atoms with van der Waals surface area (Å²) in [5.74, 6) is 0. The number of allylic oxidation sites excluding steroid dienone is 1. The third kappa shape index (κ3) is 1.93. The quantitative estimate of drug-likeness (QED) is 0.629. The van der Waals surface area contributed by atoms with Crippen molar-refractivity contribution in [2.24, 2.45) is 0 Å². The number of hydrogen-bond acceptors (Lipinski definition) is 1. The fourth-order valence-corrected chi connectivity index (χ4v) is 2.24. The van der Waals surface area contributed by atoms with Crippen molar-refractivity contribution in [3.63, 3.8) is 0 Å². The summed E-state index contributed by atoms with van der Waals surface area (Å²) in [6, 6.07) is 2.28. The van der Waals surface area contributed by atoms with Gasteiger partial charge in [-0.3, -0.25) is 0 Å². The van der Waals surface area contributed by atoms with Crippen LogP contribution in [0.3, 0.4) is 0 Å². The van der Waals surface area contributed by atoms with Gasteiger partial charge in [0.05, 0.1) is 0 Å². The van der Waals surface area contributed by atoms with E-state index < -0.39 is 0 Å². The Kier molecular flexibility index (Phi) is 2.89. The van der Waals surface area contributed by atoms with Crippen molar-refractivity contribution in [2.75, 3.05) is 0 Å². The molecule has 0 spiro atoms. The monoisotopic (exact) mass is 166 g/mol. The molecule has 1 heteroatoms. The smallest absolute Gasteiger partial charge is 0.0301 e. The number of hydrogen-bond donors (Lipinski definition) is 0. The molecule has 0 nitrogen and oxygen atoms in total. The molecular formula is C10H14S. The predicted octanol–water partition coefficient (Wildman–Crippen LogP) is 3.65. The summed E-state index contributed by atoms with van der Waals surface area (Å²) < 4.78 is 0. The van der Waals surface area contributed by atoms with Gasteiger partial charge in [-0.15, -0.1) is 11.3 Å². The Bertz CT molecular complexity index is 256. The highest BCUT2D eigenvalue weighted by molar-refractivity contribution is 7.13. The lowest BCUT2D eigenvalue weighted by atomic mass is 10.2. The summed E-state index contributed by atoms with van der Waals surface area (Å²) in [6.45, 7) is 6.43. The minimum Gasteiger partial charge on any atom is -0.141 e. The number of thiophene rings is 1. The Hall–Kier alpha value is -0.560. The molecule has 0 N–H and O–H groups in total. The maximum atomic E-state index is 2.28. The van der Waals surface area contributed by atoms with E-state index >= 15 is 0 Å². The second-order valence-corrected chi connectivity index (χ2v) is 3.89. The van der Waals surface area contributed by atoms with E-state index in [0.717, 1.165) is 6.42 Å². The van der Waals surface area contributed by atoms with E-state index in [4.69, 9.17) is 0 Å². The third-order valence-electron chi connectivity index (χ3n) is 1.66. The number of aryl methyl sites for hydroxylation is 2. The Morgan fingerprint density at radius 1 is 1.55 bits per heavy atom. The van der Waals surface area contributed by atoms with Crippen molar-refractivity contribution >= 4 is 17.4 Å². The summed E-state index contributed by atoms with van der Waals surface area (Å²) in [7, 11) is 0. The van der Waals surface area contributed by atoms with Crippen LogP contribution in [0.15, 0.2) is 12.1 Å². The molecule has 0 aromatic carbocycles. The molecule has 0 saturated heterocycles. The second kappa shape index (κ2) is 3.72. The van der Waals surface area contributed by atoms with Crippen LogP contribution in [0.25, 0.3) is 6.08 Å². The molecule has 0 saturated carbocycles. The molecule has 1 rings (SSSR count). The van der Waals surface area contributed by atoms with Gasteiger partial charge in [0, 0.05) is 9.75 Å². The Labute approximate surface area is 72.6 Å². The minimum absolute atomic E-state index is 1.14. The summed E-state index contributed by atoms with van der Waals surface area (Å²) in [5, 5.41) is 0. The molecule has 0 aliphatic rings. The van der Waals surface area contributed by atoms with Crippen molar-refractivity contribution in [1.82, 2.24) is 0 Å². The SMILES string of the molecule is CC=Cc1sc(C)cc1CC. The van der Waals surface area contributed by atoms with Crippen molar-refractivity contribution in [3.8, 4) is 0 Å². The van der Waals surface area contributed by atoms with Gasteiger partial charge in [0.25, 0.3) is 0 Å². The van der Waals surface area contributed by atoms with Gasteiger partial charge in [-0.1, -0.05) is 13.0 Å². The Morgan fingerprint density at radius 3 is 2.82 bits per heavy atom. The van der Waals surface area contributed by atoms with Gasteiger partial charge in [-0.25, -0.2) is 0 Å². The van der Waals surface area contributed by atoms with E-state index in [-0.39, 0.29) is 0 Å². The first-order chi connectivity index (χ1) is 5.27. The molecule has 0 atom stereocenters. The summed E-state index contributed by atoms with van der Waals surface area (Å²) >= 11 is 1.88. The molecule has 0 radical (unpaired) electrons. The lowest BCUT2D eigenvalue weighted by Crippen LogP contribution is -1.75. The van der Waals surface area contributed by atoms with Crippen molar-refractivity contribution in [3.05, 3.63) is 27.5 Å². The van der Waals surface area contributed by atoms with Gasteiger partial charge in [0.15, 0.2) is 0 Å². The lowest BCUT2D eigenvalue weighted by Gasteiger charge is -1.90. The van der Waals surface area contributed by atoms with Gasteiger partial charge in [0.2, 0.25) is 0 Å². The zero-order valence-electron chi connectivity index (χ0n) is 7.35. The van der Waals surface area contributed by atoms with Gasteiger partial charge >= 0.3 is 0 Å². The molecule has 1 aromatic rings. The molecule has 0 aliphatic heterocycles. The molecule has 0 amide bonds. The molecule has 1 heterocycles. The van der Waals surface area contributed by atoms with E-state index in [0.29, 0.717) is 0 Å². The van der Waals surface area contributed by atoms with Gasteiger partial charge in [0.1, 0.15) is 0 Å².